The van der Waals surface area contributed by atoms with Crippen LogP contribution in [0.4, 0.5) is 0 Å². The Morgan fingerprint density at radius 1 is 1.33 bits per heavy atom. The van der Waals surface area contributed by atoms with Crippen LogP contribution in [0, 0.1) is 12.8 Å². The predicted molar refractivity (Wildman–Crippen MR) is 92.4 cm³/mol. The molecule has 1 aromatic rings. The summed E-state index contributed by atoms with van der Waals surface area (Å²) in [6.07, 6.45) is 3.22. The van der Waals surface area contributed by atoms with Crippen molar-refractivity contribution in [2.24, 2.45) is 11.7 Å². The Morgan fingerprint density at radius 2 is 2.00 bits per heavy atom. The van der Waals surface area contributed by atoms with Gasteiger partial charge < -0.3 is 15.6 Å². The molecular weight excluding hydrogens is 328 g/mol. The van der Waals surface area contributed by atoms with Crippen LogP contribution in [-0.4, -0.2) is 49.8 Å². The van der Waals surface area contributed by atoms with Gasteiger partial charge in [0, 0.05) is 31.6 Å². The molecule has 1 saturated heterocycles. The minimum Gasteiger partial charge on any atom is -0.507 e. The number of rotatable bonds is 3. The summed E-state index contributed by atoms with van der Waals surface area (Å²) in [4.78, 5) is 0. The number of phenols is 1. The maximum atomic E-state index is 11.7. The number of fused-ring (bicyclic) bond motifs is 1. The fraction of sp³-hybridized carbons (Fsp3) is 0.647. The third kappa shape index (κ3) is 3.31. The molecule has 1 aromatic carbocycles. The van der Waals surface area contributed by atoms with E-state index < -0.39 is 10.0 Å². The van der Waals surface area contributed by atoms with Crippen molar-refractivity contribution in [1.29, 1.82) is 0 Å². The fourth-order valence-corrected chi connectivity index (χ4v) is 4.73. The number of phenolic OH excluding ortho intramolecular Hbond substituents is 1. The van der Waals surface area contributed by atoms with E-state index in [9.17, 15) is 13.5 Å². The molecule has 0 spiro atoms. The highest BCUT2D eigenvalue weighted by atomic mass is 32.2. The zero-order valence-corrected chi connectivity index (χ0v) is 15.1. The molecule has 24 heavy (non-hydrogen) atoms. The van der Waals surface area contributed by atoms with Crippen molar-refractivity contribution in [3.63, 3.8) is 0 Å². The Kier molecular flexibility index (Phi) is 4.88. The van der Waals surface area contributed by atoms with E-state index in [4.69, 9.17) is 10.5 Å². The SMILES string of the molecule is Cc1ccc2c(c1O)C[C@@H](C1CCN(S(C)(=O)=O)CC1)O[C@H]2CN. The zero-order valence-electron chi connectivity index (χ0n) is 14.2. The second-order valence-corrected chi connectivity index (χ2v) is 8.88. The van der Waals surface area contributed by atoms with Gasteiger partial charge in [-0.1, -0.05) is 12.1 Å². The van der Waals surface area contributed by atoms with Crippen molar-refractivity contribution in [2.45, 2.75) is 38.4 Å². The lowest BCUT2D eigenvalue weighted by Crippen LogP contribution is -2.43. The summed E-state index contributed by atoms with van der Waals surface area (Å²) in [6, 6.07) is 3.88. The number of ether oxygens (including phenoxy) is 1. The topological polar surface area (TPSA) is 92.9 Å². The van der Waals surface area contributed by atoms with Crippen LogP contribution in [0.1, 0.15) is 35.6 Å². The number of sulfonamides is 1. The standard InChI is InChI=1S/C17H26N2O4S/c1-11-3-4-13-14(17(11)20)9-15(23-16(13)10-18)12-5-7-19(8-6-12)24(2,21)22/h3-4,12,15-16,20H,5-10,18H2,1-2H3/t15-,16-/m0/s1. The molecule has 2 aliphatic heterocycles. The van der Waals surface area contributed by atoms with E-state index in [1.807, 2.05) is 19.1 Å². The molecule has 2 atom stereocenters. The summed E-state index contributed by atoms with van der Waals surface area (Å²) in [5.74, 6) is 0.623. The van der Waals surface area contributed by atoms with Gasteiger partial charge in [0.15, 0.2) is 0 Å². The van der Waals surface area contributed by atoms with Crippen molar-refractivity contribution in [2.75, 3.05) is 25.9 Å². The van der Waals surface area contributed by atoms with Crippen LogP contribution in [0.2, 0.25) is 0 Å². The monoisotopic (exact) mass is 354 g/mol. The second-order valence-electron chi connectivity index (χ2n) is 6.90. The lowest BCUT2D eigenvalue weighted by Gasteiger charge is -2.40. The normalized spacial score (nSPS) is 26.3. The van der Waals surface area contributed by atoms with E-state index >= 15 is 0 Å². The summed E-state index contributed by atoms with van der Waals surface area (Å²) in [6.45, 7) is 3.32. The minimum atomic E-state index is -3.12. The van der Waals surface area contributed by atoms with E-state index in [0.717, 1.165) is 29.5 Å². The molecule has 3 N–H and O–H groups in total. The molecule has 6 nitrogen and oxygen atoms in total. The highest BCUT2D eigenvalue weighted by Crippen LogP contribution is 2.40. The molecule has 0 bridgehead atoms. The van der Waals surface area contributed by atoms with Crippen LogP contribution in [-0.2, 0) is 21.2 Å². The molecule has 2 aliphatic rings. The van der Waals surface area contributed by atoms with Crippen molar-refractivity contribution >= 4 is 10.0 Å². The largest absolute Gasteiger partial charge is 0.507 e. The first-order chi connectivity index (χ1) is 11.3. The molecule has 1 fully saturated rings. The lowest BCUT2D eigenvalue weighted by atomic mass is 9.83. The maximum Gasteiger partial charge on any atom is 0.211 e. The maximum absolute atomic E-state index is 11.7. The van der Waals surface area contributed by atoms with Gasteiger partial charge in [-0.05, 0) is 36.8 Å². The van der Waals surface area contributed by atoms with Gasteiger partial charge in [-0.15, -0.1) is 0 Å². The van der Waals surface area contributed by atoms with Gasteiger partial charge in [0.25, 0.3) is 0 Å². The summed E-state index contributed by atoms with van der Waals surface area (Å²) >= 11 is 0. The van der Waals surface area contributed by atoms with Crippen LogP contribution in [0.25, 0.3) is 0 Å². The average Bonchev–Trinajstić information content (AvgIpc) is 2.56. The number of aromatic hydroxyl groups is 1. The molecule has 3 rings (SSSR count). The van der Waals surface area contributed by atoms with E-state index in [1.54, 1.807) is 0 Å². The number of nitrogens with two attached hydrogens (primary N) is 1. The van der Waals surface area contributed by atoms with Gasteiger partial charge in [-0.3, -0.25) is 0 Å². The van der Waals surface area contributed by atoms with E-state index in [2.05, 4.69) is 0 Å². The molecule has 0 amide bonds. The van der Waals surface area contributed by atoms with Gasteiger partial charge in [0.1, 0.15) is 5.75 Å². The van der Waals surface area contributed by atoms with E-state index in [0.29, 0.717) is 31.8 Å². The van der Waals surface area contributed by atoms with Crippen LogP contribution in [0.15, 0.2) is 12.1 Å². The van der Waals surface area contributed by atoms with E-state index in [-0.39, 0.29) is 18.1 Å². The first kappa shape index (κ1) is 17.7. The summed E-state index contributed by atoms with van der Waals surface area (Å²) in [5, 5.41) is 10.4. The molecule has 0 radical (unpaired) electrons. The number of nitrogens with zero attached hydrogens (tertiary/aromatic N) is 1. The summed E-state index contributed by atoms with van der Waals surface area (Å²) < 4.78 is 31.1. The van der Waals surface area contributed by atoms with Crippen LogP contribution < -0.4 is 5.73 Å². The van der Waals surface area contributed by atoms with Crippen molar-refractivity contribution < 1.29 is 18.3 Å². The Bertz CT molecular complexity index is 712. The van der Waals surface area contributed by atoms with Gasteiger partial charge in [-0.2, -0.15) is 0 Å². The third-order valence-corrected chi connectivity index (χ3v) is 6.62. The average molecular weight is 354 g/mol. The third-order valence-electron chi connectivity index (χ3n) is 5.32. The fourth-order valence-electron chi connectivity index (χ4n) is 3.86. The molecule has 7 heteroatoms. The second kappa shape index (κ2) is 6.63. The highest BCUT2D eigenvalue weighted by molar-refractivity contribution is 7.88. The number of piperidine rings is 1. The molecule has 2 heterocycles. The molecular formula is C17H26N2O4S. The van der Waals surface area contributed by atoms with Gasteiger partial charge in [-0.25, -0.2) is 12.7 Å². The highest BCUT2D eigenvalue weighted by Gasteiger charge is 2.36. The number of hydrogen-bond donors (Lipinski definition) is 2. The molecule has 0 aromatic heterocycles. The number of hydrogen-bond acceptors (Lipinski definition) is 5. The van der Waals surface area contributed by atoms with Crippen LogP contribution >= 0.6 is 0 Å². The van der Waals surface area contributed by atoms with E-state index in [1.165, 1.54) is 10.6 Å². The summed E-state index contributed by atoms with van der Waals surface area (Å²) in [7, 11) is -3.12. The van der Waals surface area contributed by atoms with Crippen molar-refractivity contribution in [1.82, 2.24) is 4.31 Å². The molecule has 0 aliphatic carbocycles. The molecule has 0 saturated carbocycles. The number of benzene rings is 1. The van der Waals surface area contributed by atoms with Crippen LogP contribution in [0.5, 0.6) is 5.75 Å². The molecule has 134 valence electrons. The number of aryl methyl sites for hydroxylation is 1. The van der Waals surface area contributed by atoms with Crippen LogP contribution in [0.3, 0.4) is 0 Å². The lowest BCUT2D eigenvalue weighted by molar-refractivity contribution is -0.0612. The minimum absolute atomic E-state index is 0.0274. The quantitative estimate of drug-likeness (QED) is 0.854. The predicted octanol–water partition coefficient (Wildman–Crippen LogP) is 1.31. The van der Waals surface area contributed by atoms with Gasteiger partial charge >= 0.3 is 0 Å². The Hall–Kier alpha value is -1.15. The Labute approximate surface area is 143 Å². The van der Waals surface area contributed by atoms with Gasteiger partial charge in [0.05, 0.1) is 18.5 Å². The van der Waals surface area contributed by atoms with Crippen molar-refractivity contribution in [3.8, 4) is 5.75 Å². The summed E-state index contributed by atoms with van der Waals surface area (Å²) in [5.41, 5.74) is 8.66. The molecule has 0 unspecified atom stereocenters. The Morgan fingerprint density at radius 3 is 2.58 bits per heavy atom. The smallest absolute Gasteiger partial charge is 0.211 e. The first-order valence-corrected chi connectivity index (χ1v) is 10.3. The van der Waals surface area contributed by atoms with Gasteiger partial charge in [0.2, 0.25) is 10.0 Å². The first-order valence-electron chi connectivity index (χ1n) is 8.43. The Balaban J connectivity index is 1.78. The van der Waals surface area contributed by atoms with Crippen molar-refractivity contribution in [3.05, 3.63) is 28.8 Å². The zero-order chi connectivity index (χ0) is 17.5.